The van der Waals surface area contributed by atoms with Crippen LogP contribution >= 0.6 is 0 Å². The molecule has 0 amide bonds. The summed E-state index contributed by atoms with van der Waals surface area (Å²) in [6.45, 7) is 6.19. The zero-order chi connectivity index (χ0) is 12.6. The summed E-state index contributed by atoms with van der Waals surface area (Å²) in [6, 6.07) is 8.85. The van der Waals surface area contributed by atoms with Crippen LogP contribution in [-0.4, -0.2) is 13.1 Å². The second-order valence-corrected chi connectivity index (χ2v) is 4.72. The number of piperidine rings is 1. The van der Waals surface area contributed by atoms with E-state index in [0.29, 0.717) is 0 Å². The lowest BCUT2D eigenvalue weighted by Crippen LogP contribution is -2.29. The predicted octanol–water partition coefficient (Wildman–Crippen LogP) is 4.47. The fourth-order valence-corrected chi connectivity index (χ4v) is 2.29. The Morgan fingerprint density at radius 2 is 1.72 bits per heavy atom. The second kappa shape index (κ2) is 7.05. The van der Waals surface area contributed by atoms with Gasteiger partial charge < -0.3 is 4.90 Å². The maximum absolute atomic E-state index is 3.77. The summed E-state index contributed by atoms with van der Waals surface area (Å²) in [7, 11) is 0. The standard InChI is InChI=1S/C17H22N/c1-2-3-4-6-9-16-10-12-17(13-11-16)18-14-7-5-8-15-18/h3-4,6,9-13H,1-2,5,7-8,14-15H2. The highest BCUT2D eigenvalue weighted by Gasteiger charge is 2.09. The van der Waals surface area contributed by atoms with E-state index in [-0.39, 0.29) is 0 Å². The highest BCUT2D eigenvalue weighted by molar-refractivity contribution is 5.57. The Kier molecular flexibility index (Phi) is 5.07. The van der Waals surface area contributed by atoms with E-state index >= 15 is 0 Å². The van der Waals surface area contributed by atoms with E-state index in [0.717, 1.165) is 6.42 Å². The topological polar surface area (TPSA) is 3.24 Å². The molecule has 1 radical (unpaired) electrons. The number of anilines is 1. The summed E-state index contributed by atoms with van der Waals surface area (Å²) in [5.74, 6) is 0. The Hall–Kier alpha value is -1.50. The maximum atomic E-state index is 3.77. The molecule has 0 unspecified atom stereocenters. The van der Waals surface area contributed by atoms with Gasteiger partial charge in [-0.2, -0.15) is 0 Å². The molecule has 0 aromatic heterocycles. The molecule has 1 aromatic rings. The molecular formula is C17H22N. The Balaban J connectivity index is 1.96. The van der Waals surface area contributed by atoms with Gasteiger partial charge in [0.15, 0.2) is 0 Å². The van der Waals surface area contributed by atoms with E-state index < -0.39 is 0 Å². The summed E-state index contributed by atoms with van der Waals surface area (Å²) in [6.07, 6.45) is 13.2. The summed E-state index contributed by atoms with van der Waals surface area (Å²) in [4.78, 5) is 2.49. The van der Waals surface area contributed by atoms with Crippen LogP contribution in [0.25, 0.3) is 6.08 Å². The molecule has 1 heterocycles. The molecule has 1 fully saturated rings. The molecule has 1 saturated heterocycles. The lowest BCUT2D eigenvalue weighted by molar-refractivity contribution is 0.578. The number of allylic oxidation sites excluding steroid dienone is 3. The van der Waals surface area contributed by atoms with E-state index in [1.807, 2.05) is 6.08 Å². The molecule has 1 aliphatic heterocycles. The first-order valence-corrected chi connectivity index (χ1v) is 6.87. The molecule has 0 N–H and O–H groups in total. The predicted molar refractivity (Wildman–Crippen MR) is 80.7 cm³/mol. The monoisotopic (exact) mass is 240 g/mol. The van der Waals surface area contributed by atoms with Crippen molar-refractivity contribution in [1.29, 1.82) is 0 Å². The van der Waals surface area contributed by atoms with E-state index in [1.165, 1.54) is 43.6 Å². The van der Waals surface area contributed by atoms with E-state index in [9.17, 15) is 0 Å². The first-order chi connectivity index (χ1) is 8.90. The largest absolute Gasteiger partial charge is 0.372 e. The number of rotatable bonds is 4. The molecule has 1 aliphatic rings. The third kappa shape index (κ3) is 3.76. The van der Waals surface area contributed by atoms with Gasteiger partial charge >= 0.3 is 0 Å². The van der Waals surface area contributed by atoms with Gasteiger partial charge in [-0.05, 0) is 50.3 Å². The maximum Gasteiger partial charge on any atom is 0.0366 e. The molecule has 95 valence electrons. The van der Waals surface area contributed by atoms with Crippen LogP contribution < -0.4 is 4.90 Å². The van der Waals surface area contributed by atoms with Crippen molar-refractivity contribution in [2.45, 2.75) is 25.7 Å². The van der Waals surface area contributed by atoms with Gasteiger partial charge in [-0.3, -0.25) is 0 Å². The van der Waals surface area contributed by atoms with Gasteiger partial charge in [0.05, 0.1) is 0 Å². The van der Waals surface area contributed by atoms with Gasteiger partial charge in [0.25, 0.3) is 0 Å². The minimum Gasteiger partial charge on any atom is -0.372 e. The molecule has 0 aliphatic carbocycles. The van der Waals surface area contributed by atoms with Crippen molar-refractivity contribution >= 4 is 11.8 Å². The fraction of sp³-hybridized carbons (Fsp3) is 0.353. The van der Waals surface area contributed by atoms with Crippen LogP contribution in [0, 0.1) is 6.92 Å². The van der Waals surface area contributed by atoms with E-state index in [2.05, 4.69) is 54.3 Å². The number of hydrogen-bond donors (Lipinski definition) is 0. The van der Waals surface area contributed by atoms with Crippen LogP contribution in [0.15, 0.2) is 42.5 Å². The molecule has 0 atom stereocenters. The van der Waals surface area contributed by atoms with Gasteiger partial charge in [-0.1, -0.05) is 36.4 Å². The highest BCUT2D eigenvalue weighted by atomic mass is 15.1. The van der Waals surface area contributed by atoms with Crippen LogP contribution in [0.5, 0.6) is 0 Å². The van der Waals surface area contributed by atoms with E-state index in [1.54, 1.807) is 0 Å². The molecule has 1 nitrogen and oxygen atoms in total. The van der Waals surface area contributed by atoms with Crippen LogP contribution in [0.1, 0.15) is 31.2 Å². The first-order valence-electron chi connectivity index (χ1n) is 6.87. The van der Waals surface area contributed by atoms with Crippen molar-refractivity contribution in [3.8, 4) is 0 Å². The second-order valence-electron chi connectivity index (χ2n) is 4.72. The van der Waals surface area contributed by atoms with Crippen molar-refractivity contribution in [2.24, 2.45) is 0 Å². The SMILES string of the molecule is [CH2]CC=CC=Cc1ccc(N2CCCCC2)cc1. The summed E-state index contributed by atoms with van der Waals surface area (Å²) < 4.78 is 0. The minimum atomic E-state index is 0.845. The highest BCUT2D eigenvalue weighted by Crippen LogP contribution is 2.20. The molecule has 1 aromatic carbocycles. The molecule has 0 saturated carbocycles. The third-order valence-electron chi connectivity index (χ3n) is 3.32. The Morgan fingerprint density at radius 1 is 1.00 bits per heavy atom. The molecular weight excluding hydrogens is 218 g/mol. The fourth-order valence-electron chi connectivity index (χ4n) is 2.29. The molecule has 2 rings (SSSR count). The van der Waals surface area contributed by atoms with Crippen LogP contribution in [0.3, 0.4) is 0 Å². The quantitative estimate of drug-likeness (QED) is 0.702. The summed E-state index contributed by atoms with van der Waals surface area (Å²) in [5.41, 5.74) is 2.62. The lowest BCUT2D eigenvalue weighted by atomic mass is 10.1. The average molecular weight is 240 g/mol. The zero-order valence-corrected chi connectivity index (χ0v) is 11.0. The lowest BCUT2D eigenvalue weighted by Gasteiger charge is -2.28. The van der Waals surface area contributed by atoms with Crippen molar-refractivity contribution in [1.82, 2.24) is 0 Å². The van der Waals surface area contributed by atoms with Crippen LogP contribution in [0.2, 0.25) is 0 Å². The Morgan fingerprint density at radius 3 is 2.39 bits per heavy atom. The van der Waals surface area contributed by atoms with Crippen LogP contribution in [-0.2, 0) is 0 Å². The van der Waals surface area contributed by atoms with Gasteiger partial charge in [0.2, 0.25) is 0 Å². The van der Waals surface area contributed by atoms with E-state index in [4.69, 9.17) is 0 Å². The molecule has 0 bridgehead atoms. The van der Waals surface area contributed by atoms with Crippen molar-refractivity contribution < 1.29 is 0 Å². The minimum absolute atomic E-state index is 0.845. The molecule has 0 spiro atoms. The summed E-state index contributed by atoms with van der Waals surface area (Å²) in [5, 5.41) is 0. The molecule has 1 heteroatoms. The number of benzene rings is 1. The summed E-state index contributed by atoms with van der Waals surface area (Å²) >= 11 is 0. The van der Waals surface area contributed by atoms with Gasteiger partial charge in [-0.25, -0.2) is 0 Å². The van der Waals surface area contributed by atoms with Gasteiger partial charge in [-0.15, -0.1) is 0 Å². The Bertz CT molecular complexity index is 394. The Labute approximate surface area is 111 Å². The van der Waals surface area contributed by atoms with Gasteiger partial charge in [0.1, 0.15) is 0 Å². The molecule has 18 heavy (non-hydrogen) atoms. The number of nitrogens with zero attached hydrogens (tertiary/aromatic N) is 1. The average Bonchev–Trinajstić information content (AvgIpc) is 2.45. The zero-order valence-electron chi connectivity index (χ0n) is 11.0. The van der Waals surface area contributed by atoms with Crippen LogP contribution in [0.4, 0.5) is 5.69 Å². The van der Waals surface area contributed by atoms with Crippen molar-refractivity contribution in [2.75, 3.05) is 18.0 Å². The third-order valence-corrected chi connectivity index (χ3v) is 3.32. The van der Waals surface area contributed by atoms with Crippen molar-refractivity contribution in [3.05, 3.63) is 55.0 Å². The smallest absolute Gasteiger partial charge is 0.0366 e. The first kappa shape index (κ1) is 12.9. The van der Waals surface area contributed by atoms with Gasteiger partial charge in [0, 0.05) is 18.8 Å². The van der Waals surface area contributed by atoms with Crippen molar-refractivity contribution in [3.63, 3.8) is 0 Å². The number of hydrogen-bond acceptors (Lipinski definition) is 1. The normalized spacial score (nSPS) is 16.8.